The molecule has 9 heteroatoms. The minimum Gasteiger partial charge on any atom is -0.465 e. The van der Waals surface area contributed by atoms with E-state index in [-0.39, 0.29) is 43.2 Å². The third-order valence-electron chi connectivity index (χ3n) is 10.3. The molecule has 0 aliphatic heterocycles. The van der Waals surface area contributed by atoms with E-state index < -0.39 is 46.0 Å². The van der Waals surface area contributed by atoms with Crippen LogP contribution in [0, 0.1) is 28.6 Å². The average molecular weight is 509 g/mol. The lowest BCUT2D eigenvalue weighted by molar-refractivity contribution is -0.272. The first kappa shape index (κ1) is 27.0. The number of ether oxygens (including phenoxy) is 3. The van der Waals surface area contributed by atoms with Gasteiger partial charge >= 0.3 is 17.9 Å². The summed E-state index contributed by atoms with van der Waals surface area (Å²) in [5.74, 6) is -2.18. The van der Waals surface area contributed by atoms with Crippen LogP contribution >= 0.6 is 0 Å². The molecule has 0 aromatic heterocycles. The van der Waals surface area contributed by atoms with Crippen molar-refractivity contribution in [3.05, 3.63) is 0 Å². The fourth-order valence-electron chi connectivity index (χ4n) is 8.64. The quantitative estimate of drug-likeness (QED) is 0.409. The smallest absolute Gasteiger partial charge is 0.303 e. The molecule has 4 aliphatic rings. The van der Waals surface area contributed by atoms with Gasteiger partial charge in [-0.05, 0) is 63.2 Å². The second-order valence-corrected chi connectivity index (χ2v) is 11.9. The number of ketones is 1. The lowest BCUT2D eigenvalue weighted by atomic mass is 9.41. The molecule has 0 aromatic rings. The van der Waals surface area contributed by atoms with Gasteiger partial charge in [0.2, 0.25) is 0 Å². The van der Waals surface area contributed by atoms with E-state index in [1.807, 2.05) is 6.92 Å². The predicted molar refractivity (Wildman–Crippen MR) is 126 cm³/mol. The van der Waals surface area contributed by atoms with Crippen molar-refractivity contribution in [1.82, 2.24) is 0 Å². The minimum absolute atomic E-state index is 0.0500. The zero-order valence-electron chi connectivity index (χ0n) is 21.8. The zero-order valence-corrected chi connectivity index (χ0v) is 21.8. The van der Waals surface area contributed by atoms with Gasteiger partial charge in [0.25, 0.3) is 0 Å². The number of hydrogen-bond acceptors (Lipinski definition) is 9. The SMILES string of the molecule is CC(=O)OCC(=O)[C@H]1CC[C@@]2(O)[C@@H]3CC[C@@]4(O)C[C@@H](OC(C)=O)CC[C@]4(COC(C)=O)[C@H]3CC[C@]12C. The van der Waals surface area contributed by atoms with Crippen LogP contribution in [0.3, 0.4) is 0 Å². The fourth-order valence-corrected chi connectivity index (χ4v) is 8.64. The molecule has 0 amide bonds. The Balaban J connectivity index is 1.65. The molecular weight excluding hydrogens is 468 g/mol. The molecule has 0 saturated heterocycles. The lowest BCUT2D eigenvalue weighted by Crippen LogP contribution is -2.69. The van der Waals surface area contributed by atoms with Gasteiger partial charge < -0.3 is 24.4 Å². The van der Waals surface area contributed by atoms with Crippen LogP contribution in [-0.2, 0) is 33.4 Å². The second-order valence-electron chi connectivity index (χ2n) is 11.9. The van der Waals surface area contributed by atoms with E-state index in [0.717, 1.165) is 0 Å². The summed E-state index contributed by atoms with van der Waals surface area (Å²) in [6.07, 6.45) is 4.10. The highest BCUT2D eigenvalue weighted by Crippen LogP contribution is 2.70. The monoisotopic (exact) mass is 508 g/mol. The third kappa shape index (κ3) is 4.16. The summed E-state index contributed by atoms with van der Waals surface area (Å²) < 4.78 is 16.0. The molecule has 202 valence electrons. The minimum atomic E-state index is -1.20. The van der Waals surface area contributed by atoms with Gasteiger partial charge in [-0.25, -0.2) is 0 Å². The first-order chi connectivity index (χ1) is 16.8. The van der Waals surface area contributed by atoms with E-state index in [1.165, 1.54) is 20.8 Å². The maximum atomic E-state index is 13.0. The molecule has 2 N–H and O–H groups in total. The second kappa shape index (κ2) is 9.39. The van der Waals surface area contributed by atoms with Gasteiger partial charge in [0.1, 0.15) is 12.7 Å². The van der Waals surface area contributed by atoms with Crippen LogP contribution in [0.1, 0.15) is 85.5 Å². The summed E-state index contributed by atoms with van der Waals surface area (Å²) in [6, 6.07) is 0. The van der Waals surface area contributed by atoms with Crippen molar-refractivity contribution in [2.75, 3.05) is 13.2 Å². The highest BCUT2D eigenvalue weighted by molar-refractivity contribution is 5.85. The molecular formula is C27H40O9. The third-order valence-corrected chi connectivity index (χ3v) is 10.3. The van der Waals surface area contributed by atoms with E-state index in [1.54, 1.807) is 0 Å². The van der Waals surface area contributed by atoms with Crippen LogP contribution < -0.4 is 0 Å². The van der Waals surface area contributed by atoms with Crippen molar-refractivity contribution in [2.24, 2.45) is 28.6 Å². The average Bonchev–Trinajstić information content (AvgIpc) is 3.06. The molecule has 4 saturated carbocycles. The standard InChI is InChI=1S/C27H40O9/c1-16(28)34-14-23(31)22-8-12-27(33)21-7-11-26(32)13-19(36-18(3)30)5-10-25(26,15-35-17(2)29)20(21)6-9-24(22,27)4/h19-22,32-33H,5-15H2,1-4H3/t19-,20-,21+,22+,24+,25-,26+,27+/m0/s1. The summed E-state index contributed by atoms with van der Waals surface area (Å²) in [5, 5.41) is 24.3. The van der Waals surface area contributed by atoms with Gasteiger partial charge in [-0.15, -0.1) is 0 Å². The van der Waals surface area contributed by atoms with Gasteiger partial charge in [-0.3, -0.25) is 19.2 Å². The number of esters is 3. The van der Waals surface area contributed by atoms with E-state index >= 15 is 0 Å². The molecule has 0 aromatic carbocycles. The fraction of sp³-hybridized carbons (Fsp3) is 0.852. The Morgan fingerprint density at radius 1 is 0.806 bits per heavy atom. The molecule has 0 spiro atoms. The molecule has 36 heavy (non-hydrogen) atoms. The first-order valence-corrected chi connectivity index (χ1v) is 13.2. The number of carbonyl (C=O) groups excluding carboxylic acids is 4. The Morgan fingerprint density at radius 2 is 1.47 bits per heavy atom. The number of Topliss-reactive ketones (excluding diaryl/α,β-unsaturated/α-hetero) is 1. The van der Waals surface area contributed by atoms with Gasteiger partial charge in [-0.1, -0.05) is 6.92 Å². The van der Waals surface area contributed by atoms with Crippen molar-refractivity contribution in [1.29, 1.82) is 0 Å². The Hall–Kier alpha value is -2.00. The van der Waals surface area contributed by atoms with Crippen LogP contribution in [0.2, 0.25) is 0 Å². The first-order valence-electron chi connectivity index (χ1n) is 13.2. The molecule has 9 nitrogen and oxygen atoms in total. The van der Waals surface area contributed by atoms with Crippen molar-refractivity contribution in [3.8, 4) is 0 Å². The predicted octanol–water partition coefficient (Wildman–Crippen LogP) is 2.48. The molecule has 0 bridgehead atoms. The highest BCUT2D eigenvalue weighted by atomic mass is 16.5. The molecule has 4 fully saturated rings. The van der Waals surface area contributed by atoms with Crippen molar-refractivity contribution >= 4 is 23.7 Å². The van der Waals surface area contributed by atoms with Gasteiger partial charge in [0, 0.05) is 43.9 Å². The number of carbonyl (C=O) groups is 4. The van der Waals surface area contributed by atoms with Crippen LogP contribution in [0.5, 0.6) is 0 Å². The van der Waals surface area contributed by atoms with E-state index in [2.05, 4.69) is 0 Å². The van der Waals surface area contributed by atoms with Crippen molar-refractivity contribution < 1.29 is 43.6 Å². The maximum Gasteiger partial charge on any atom is 0.303 e. The van der Waals surface area contributed by atoms with Crippen LogP contribution in [0.25, 0.3) is 0 Å². The molecule has 0 unspecified atom stereocenters. The molecule has 0 radical (unpaired) electrons. The number of hydrogen-bond donors (Lipinski definition) is 2. The summed E-state index contributed by atoms with van der Waals surface area (Å²) in [4.78, 5) is 47.8. The van der Waals surface area contributed by atoms with E-state index in [9.17, 15) is 29.4 Å². The van der Waals surface area contributed by atoms with E-state index in [4.69, 9.17) is 14.2 Å². The Morgan fingerprint density at radius 3 is 2.11 bits per heavy atom. The topological polar surface area (TPSA) is 136 Å². The molecule has 4 aliphatic carbocycles. The molecule has 8 atom stereocenters. The lowest BCUT2D eigenvalue weighted by Gasteiger charge is -2.66. The highest BCUT2D eigenvalue weighted by Gasteiger charge is 2.72. The van der Waals surface area contributed by atoms with Gasteiger partial charge in [-0.2, -0.15) is 0 Å². The van der Waals surface area contributed by atoms with Crippen molar-refractivity contribution in [3.63, 3.8) is 0 Å². The summed E-state index contributed by atoms with van der Waals surface area (Å²) >= 11 is 0. The van der Waals surface area contributed by atoms with Gasteiger partial charge in [0.05, 0.1) is 17.8 Å². The summed E-state index contributed by atoms with van der Waals surface area (Å²) in [5.41, 5.74) is -3.76. The Bertz CT molecular complexity index is 932. The van der Waals surface area contributed by atoms with Crippen molar-refractivity contribution in [2.45, 2.75) is 103 Å². The summed E-state index contributed by atoms with van der Waals surface area (Å²) in [7, 11) is 0. The number of fused-ring (bicyclic) bond motifs is 5. The number of rotatable bonds is 6. The Labute approximate surface area is 212 Å². The van der Waals surface area contributed by atoms with Gasteiger partial charge in [0.15, 0.2) is 5.78 Å². The number of aliphatic hydroxyl groups is 2. The van der Waals surface area contributed by atoms with Crippen LogP contribution in [0.4, 0.5) is 0 Å². The normalized spacial score (nSPS) is 43.4. The largest absolute Gasteiger partial charge is 0.465 e. The van der Waals surface area contributed by atoms with Crippen LogP contribution in [-0.4, -0.2) is 64.4 Å². The maximum absolute atomic E-state index is 13.0. The Kier molecular flexibility index (Phi) is 7.05. The summed E-state index contributed by atoms with van der Waals surface area (Å²) in [6.45, 7) is 5.72. The molecule has 0 heterocycles. The molecule has 4 rings (SSSR count). The van der Waals surface area contributed by atoms with E-state index in [0.29, 0.717) is 51.4 Å². The zero-order chi connectivity index (χ0) is 26.5. The van der Waals surface area contributed by atoms with Crippen LogP contribution in [0.15, 0.2) is 0 Å².